The Kier molecular flexibility index (Phi) is 5.77. The van der Waals surface area contributed by atoms with Crippen LogP contribution in [-0.4, -0.2) is 49.9 Å². The second-order valence-corrected chi connectivity index (χ2v) is 6.64. The van der Waals surface area contributed by atoms with Crippen LogP contribution in [0.1, 0.15) is 19.3 Å². The Morgan fingerprint density at radius 1 is 0.800 bits per heavy atom. The standard InChI is InChI=1S/C10H22O4Si/c1-11-8-5-9(12-2)7-10(6-8)15(13-3)14-4/h8-10,15H,5-7H2,1-4H3. The van der Waals surface area contributed by atoms with Gasteiger partial charge in [0, 0.05) is 34.0 Å². The van der Waals surface area contributed by atoms with Crippen molar-refractivity contribution in [1.82, 2.24) is 0 Å². The molecule has 1 aliphatic carbocycles. The number of hydrogen-bond acceptors (Lipinski definition) is 4. The molecule has 1 fully saturated rings. The van der Waals surface area contributed by atoms with Gasteiger partial charge in [-0.2, -0.15) is 0 Å². The van der Waals surface area contributed by atoms with E-state index in [1.165, 1.54) is 0 Å². The van der Waals surface area contributed by atoms with E-state index in [-0.39, 0.29) is 12.2 Å². The molecule has 2 unspecified atom stereocenters. The van der Waals surface area contributed by atoms with Crippen LogP contribution >= 0.6 is 0 Å². The predicted molar refractivity (Wildman–Crippen MR) is 60.4 cm³/mol. The highest BCUT2D eigenvalue weighted by molar-refractivity contribution is 6.46. The van der Waals surface area contributed by atoms with E-state index in [0.717, 1.165) is 19.3 Å². The topological polar surface area (TPSA) is 36.9 Å². The van der Waals surface area contributed by atoms with Crippen LogP contribution in [0, 0.1) is 0 Å². The van der Waals surface area contributed by atoms with E-state index in [0.29, 0.717) is 5.54 Å². The lowest BCUT2D eigenvalue weighted by molar-refractivity contribution is -0.0134. The molecule has 0 aromatic rings. The van der Waals surface area contributed by atoms with Crippen LogP contribution in [0.3, 0.4) is 0 Å². The Morgan fingerprint density at radius 3 is 1.60 bits per heavy atom. The van der Waals surface area contributed by atoms with Gasteiger partial charge in [0.2, 0.25) is 0 Å². The first-order chi connectivity index (χ1) is 7.24. The monoisotopic (exact) mass is 234 g/mol. The number of ether oxygens (including phenoxy) is 2. The summed E-state index contributed by atoms with van der Waals surface area (Å²) in [5.41, 5.74) is 0.489. The fraction of sp³-hybridized carbons (Fsp3) is 1.00. The van der Waals surface area contributed by atoms with Crippen molar-refractivity contribution in [1.29, 1.82) is 0 Å². The van der Waals surface area contributed by atoms with E-state index in [9.17, 15) is 0 Å². The molecule has 0 spiro atoms. The highest BCUT2D eigenvalue weighted by Crippen LogP contribution is 2.34. The van der Waals surface area contributed by atoms with Crippen LogP contribution in [0.4, 0.5) is 0 Å². The van der Waals surface area contributed by atoms with Crippen LogP contribution < -0.4 is 0 Å². The maximum atomic E-state index is 5.43. The van der Waals surface area contributed by atoms with Crippen molar-refractivity contribution in [2.45, 2.75) is 37.0 Å². The van der Waals surface area contributed by atoms with E-state index < -0.39 is 9.28 Å². The number of rotatable bonds is 5. The van der Waals surface area contributed by atoms with E-state index >= 15 is 0 Å². The van der Waals surface area contributed by atoms with Gasteiger partial charge < -0.3 is 18.3 Å². The summed E-state index contributed by atoms with van der Waals surface area (Å²) >= 11 is 0. The molecule has 0 saturated heterocycles. The Balaban J connectivity index is 2.55. The summed E-state index contributed by atoms with van der Waals surface area (Å²) in [4.78, 5) is 0. The fourth-order valence-electron chi connectivity index (χ4n) is 2.35. The summed E-state index contributed by atoms with van der Waals surface area (Å²) < 4.78 is 21.7. The summed E-state index contributed by atoms with van der Waals surface area (Å²) in [7, 11) is 5.45. The zero-order valence-electron chi connectivity index (χ0n) is 10.1. The van der Waals surface area contributed by atoms with Crippen LogP contribution in [0.25, 0.3) is 0 Å². The molecule has 4 nitrogen and oxygen atoms in total. The molecule has 0 aromatic carbocycles. The first-order valence-corrected chi connectivity index (χ1v) is 6.97. The zero-order valence-corrected chi connectivity index (χ0v) is 11.2. The average molecular weight is 234 g/mol. The van der Waals surface area contributed by atoms with E-state index in [4.69, 9.17) is 18.3 Å². The molecule has 0 N–H and O–H groups in total. The highest BCUT2D eigenvalue weighted by Gasteiger charge is 2.35. The molecule has 0 bridgehead atoms. The molecule has 15 heavy (non-hydrogen) atoms. The molecular formula is C10H22O4Si. The quantitative estimate of drug-likeness (QED) is 0.667. The van der Waals surface area contributed by atoms with Gasteiger partial charge in [-0.25, -0.2) is 0 Å². The molecule has 1 aliphatic rings. The van der Waals surface area contributed by atoms with E-state index in [1.807, 2.05) is 0 Å². The van der Waals surface area contributed by atoms with Crippen molar-refractivity contribution < 1.29 is 18.3 Å². The second kappa shape index (κ2) is 6.60. The zero-order chi connectivity index (χ0) is 11.3. The minimum atomic E-state index is -1.54. The predicted octanol–water partition coefficient (Wildman–Crippen LogP) is 1.08. The van der Waals surface area contributed by atoms with Crippen molar-refractivity contribution in [3.05, 3.63) is 0 Å². The normalized spacial score (nSPS) is 32.2. The molecule has 0 heterocycles. The third-order valence-corrected chi connectivity index (χ3v) is 5.42. The highest BCUT2D eigenvalue weighted by atomic mass is 28.3. The summed E-state index contributed by atoms with van der Waals surface area (Å²) in [6, 6.07) is 0. The molecule has 5 heteroatoms. The van der Waals surface area contributed by atoms with Gasteiger partial charge in [-0.3, -0.25) is 0 Å². The first kappa shape index (κ1) is 13.1. The molecular weight excluding hydrogens is 212 g/mol. The van der Waals surface area contributed by atoms with Crippen LogP contribution in [0.2, 0.25) is 5.54 Å². The Bertz CT molecular complexity index is 163. The van der Waals surface area contributed by atoms with Gasteiger partial charge in [-0.05, 0) is 19.3 Å². The molecule has 2 atom stereocenters. The van der Waals surface area contributed by atoms with Crippen molar-refractivity contribution in [2.75, 3.05) is 28.4 Å². The van der Waals surface area contributed by atoms with Crippen molar-refractivity contribution in [2.24, 2.45) is 0 Å². The van der Waals surface area contributed by atoms with Crippen molar-refractivity contribution >= 4 is 9.28 Å². The largest absolute Gasteiger partial charge is 0.400 e. The summed E-state index contributed by atoms with van der Waals surface area (Å²) in [6.45, 7) is 0. The molecule has 1 rings (SSSR count). The Morgan fingerprint density at radius 2 is 1.27 bits per heavy atom. The minimum Gasteiger partial charge on any atom is -0.400 e. The van der Waals surface area contributed by atoms with Crippen LogP contribution in [-0.2, 0) is 18.3 Å². The lowest BCUT2D eigenvalue weighted by Crippen LogP contribution is -2.38. The fourth-order valence-corrected chi connectivity index (χ4v) is 4.36. The molecule has 0 radical (unpaired) electrons. The average Bonchev–Trinajstić information content (AvgIpc) is 2.30. The van der Waals surface area contributed by atoms with Gasteiger partial charge >= 0.3 is 9.28 Å². The SMILES string of the molecule is COC1CC(OC)CC([SiH](OC)OC)C1. The summed E-state index contributed by atoms with van der Waals surface area (Å²) in [5, 5.41) is 0. The first-order valence-electron chi connectivity index (χ1n) is 5.36. The lowest BCUT2D eigenvalue weighted by atomic mass is 9.94. The third kappa shape index (κ3) is 3.53. The second-order valence-electron chi connectivity index (χ2n) is 4.02. The lowest BCUT2D eigenvalue weighted by Gasteiger charge is -2.35. The summed E-state index contributed by atoms with van der Waals surface area (Å²) in [6.07, 6.45) is 3.63. The van der Waals surface area contributed by atoms with Crippen LogP contribution in [0.15, 0.2) is 0 Å². The van der Waals surface area contributed by atoms with Gasteiger partial charge in [0.15, 0.2) is 0 Å². The molecule has 0 aliphatic heterocycles. The third-order valence-electron chi connectivity index (χ3n) is 3.17. The smallest absolute Gasteiger partial charge is 0.324 e. The molecule has 90 valence electrons. The maximum Gasteiger partial charge on any atom is 0.324 e. The number of methoxy groups -OCH3 is 2. The van der Waals surface area contributed by atoms with Gasteiger partial charge in [0.25, 0.3) is 0 Å². The Labute approximate surface area is 93.7 Å². The Hall–Kier alpha value is 0.0569. The van der Waals surface area contributed by atoms with Crippen LogP contribution in [0.5, 0.6) is 0 Å². The summed E-state index contributed by atoms with van der Waals surface area (Å²) in [5.74, 6) is 0. The molecule has 1 saturated carbocycles. The van der Waals surface area contributed by atoms with E-state index in [1.54, 1.807) is 28.4 Å². The van der Waals surface area contributed by atoms with Crippen molar-refractivity contribution in [3.63, 3.8) is 0 Å². The maximum absolute atomic E-state index is 5.43. The number of hydrogen-bond donors (Lipinski definition) is 0. The molecule has 0 amide bonds. The van der Waals surface area contributed by atoms with E-state index in [2.05, 4.69) is 0 Å². The minimum absolute atomic E-state index is 0.286. The van der Waals surface area contributed by atoms with Gasteiger partial charge in [0.1, 0.15) is 0 Å². The van der Waals surface area contributed by atoms with Gasteiger partial charge in [0.05, 0.1) is 12.2 Å². The van der Waals surface area contributed by atoms with Gasteiger partial charge in [-0.15, -0.1) is 0 Å². The molecule has 0 aromatic heterocycles. The van der Waals surface area contributed by atoms with Gasteiger partial charge in [-0.1, -0.05) is 0 Å². The van der Waals surface area contributed by atoms with Crippen molar-refractivity contribution in [3.8, 4) is 0 Å².